The first-order valence-electron chi connectivity index (χ1n) is 5.08. The third-order valence-corrected chi connectivity index (χ3v) is 3.34. The zero-order valence-electron chi connectivity index (χ0n) is 8.88. The van der Waals surface area contributed by atoms with Crippen LogP contribution in [0.15, 0.2) is 48.5 Å². The Labute approximate surface area is 107 Å². The standard InChI is InChI=1S/C13H10BrNO2/c14-12(9-5-2-1-3-6-9)10-7-4-8-11(15-10)13(16)17/h1-8,12H,(H,16,17). The van der Waals surface area contributed by atoms with E-state index in [2.05, 4.69) is 20.9 Å². The van der Waals surface area contributed by atoms with Crippen LogP contribution < -0.4 is 0 Å². The van der Waals surface area contributed by atoms with Crippen LogP contribution in [0.5, 0.6) is 0 Å². The molecule has 1 atom stereocenters. The molecule has 0 aliphatic carbocycles. The second-order valence-electron chi connectivity index (χ2n) is 3.53. The Morgan fingerprint density at radius 3 is 2.47 bits per heavy atom. The Hall–Kier alpha value is -1.68. The molecule has 1 N–H and O–H groups in total. The van der Waals surface area contributed by atoms with Crippen LogP contribution >= 0.6 is 15.9 Å². The third kappa shape index (κ3) is 2.71. The lowest BCUT2D eigenvalue weighted by atomic mass is 10.1. The van der Waals surface area contributed by atoms with E-state index in [-0.39, 0.29) is 10.5 Å². The summed E-state index contributed by atoms with van der Waals surface area (Å²) in [4.78, 5) is 14.8. The molecule has 0 amide bonds. The largest absolute Gasteiger partial charge is 0.477 e. The maximum absolute atomic E-state index is 10.8. The van der Waals surface area contributed by atoms with Crippen LogP contribution in [-0.2, 0) is 0 Å². The summed E-state index contributed by atoms with van der Waals surface area (Å²) in [6, 6.07) is 14.7. The van der Waals surface area contributed by atoms with E-state index in [1.54, 1.807) is 12.1 Å². The molecule has 0 spiro atoms. The minimum atomic E-state index is -1.01. The van der Waals surface area contributed by atoms with Crippen molar-refractivity contribution >= 4 is 21.9 Å². The first kappa shape index (κ1) is 11.8. The molecule has 0 aliphatic heterocycles. The Bertz CT molecular complexity index is 528. The SMILES string of the molecule is O=C(O)c1cccc(C(Br)c2ccccc2)n1. The minimum Gasteiger partial charge on any atom is -0.477 e. The number of halogens is 1. The molecule has 0 saturated heterocycles. The normalized spacial score (nSPS) is 12.1. The summed E-state index contributed by atoms with van der Waals surface area (Å²) in [5, 5.41) is 8.88. The fourth-order valence-electron chi connectivity index (χ4n) is 1.50. The molecule has 1 aromatic carbocycles. The van der Waals surface area contributed by atoms with Crippen molar-refractivity contribution in [3.63, 3.8) is 0 Å². The van der Waals surface area contributed by atoms with Crippen LogP contribution in [0.2, 0.25) is 0 Å². The van der Waals surface area contributed by atoms with Crippen molar-refractivity contribution in [1.29, 1.82) is 0 Å². The fourth-order valence-corrected chi connectivity index (χ4v) is 2.06. The molecule has 4 heteroatoms. The maximum atomic E-state index is 10.8. The Kier molecular flexibility index (Phi) is 3.54. The number of benzene rings is 1. The van der Waals surface area contributed by atoms with Gasteiger partial charge in [-0.05, 0) is 17.7 Å². The van der Waals surface area contributed by atoms with Crippen molar-refractivity contribution in [1.82, 2.24) is 4.98 Å². The van der Waals surface area contributed by atoms with Gasteiger partial charge < -0.3 is 5.11 Å². The summed E-state index contributed by atoms with van der Waals surface area (Å²) >= 11 is 3.52. The molecule has 2 aromatic rings. The number of carboxylic acids is 1. The first-order valence-corrected chi connectivity index (χ1v) is 5.99. The van der Waals surface area contributed by atoms with Gasteiger partial charge in [0.1, 0.15) is 5.69 Å². The molecule has 0 aliphatic rings. The van der Waals surface area contributed by atoms with Crippen molar-refractivity contribution in [3.8, 4) is 0 Å². The fraction of sp³-hybridized carbons (Fsp3) is 0.0769. The van der Waals surface area contributed by atoms with E-state index in [0.717, 1.165) is 5.56 Å². The average molecular weight is 292 g/mol. The van der Waals surface area contributed by atoms with E-state index in [9.17, 15) is 4.79 Å². The highest BCUT2D eigenvalue weighted by molar-refractivity contribution is 9.09. The number of pyridine rings is 1. The van der Waals surface area contributed by atoms with Crippen LogP contribution in [0.4, 0.5) is 0 Å². The van der Waals surface area contributed by atoms with Crippen molar-refractivity contribution in [2.45, 2.75) is 4.83 Å². The van der Waals surface area contributed by atoms with Gasteiger partial charge in [-0.2, -0.15) is 0 Å². The quantitative estimate of drug-likeness (QED) is 0.883. The van der Waals surface area contributed by atoms with E-state index in [0.29, 0.717) is 5.69 Å². The van der Waals surface area contributed by atoms with E-state index < -0.39 is 5.97 Å². The van der Waals surface area contributed by atoms with Crippen molar-refractivity contribution in [2.24, 2.45) is 0 Å². The lowest BCUT2D eigenvalue weighted by Crippen LogP contribution is -2.04. The minimum absolute atomic E-state index is 0.0582. The third-order valence-electron chi connectivity index (χ3n) is 2.34. The smallest absolute Gasteiger partial charge is 0.354 e. The maximum Gasteiger partial charge on any atom is 0.354 e. The van der Waals surface area contributed by atoms with Gasteiger partial charge in [0.15, 0.2) is 0 Å². The highest BCUT2D eigenvalue weighted by atomic mass is 79.9. The molecule has 0 fully saturated rings. The number of hydrogen-bond donors (Lipinski definition) is 1. The molecule has 86 valence electrons. The van der Waals surface area contributed by atoms with Gasteiger partial charge in [0, 0.05) is 0 Å². The average Bonchev–Trinajstić information content (AvgIpc) is 2.39. The van der Waals surface area contributed by atoms with Crippen LogP contribution in [-0.4, -0.2) is 16.1 Å². The molecule has 1 heterocycles. The molecular weight excluding hydrogens is 282 g/mol. The van der Waals surface area contributed by atoms with Crippen LogP contribution in [0.1, 0.15) is 26.6 Å². The number of aromatic carboxylic acids is 1. The van der Waals surface area contributed by atoms with Crippen molar-refractivity contribution in [3.05, 3.63) is 65.5 Å². The molecular formula is C13H10BrNO2. The molecule has 2 rings (SSSR count). The topological polar surface area (TPSA) is 50.2 Å². The van der Waals surface area contributed by atoms with Gasteiger partial charge in [-0.15, -0.1) is 0 Å². The van der Waals surface area contributed by atoms with Gasteiger partial charge >= 0.3 is 5.97 Å². The zero-order valence-corrected chi connectivity index (χ0v) is 10.5. The number of nitrogens with zero attached hydrogens (tertiary/aromatic N) is 1. The summed E-state index contributed by atoms with van der Waals surface area (Å²) < 4.78 is 0. The summed E-state index contributed by atoms with van der Waals surface area (Å²) in [5.74, 6) is -1.01. The summed E-state index contributed by atoms with van der Waals surface area (Å²) in [6.07, 6.45) is 0. The van der Waals surface area contributed by atoms with Crippen LogP contribution in [0.3, 0.4) is 0 Å². The van der Waals surface area contributed by atoms with Gasteiger partial charge in [-0.1, -0.05) is 52.3 Å². The van der Waals surface area contributed by atoms with Crippen molar-refractivity contribution < 1.29 is 9.90 Å². The molecule has 1 unspecified atom stereocenters. The molecule has 17 heavy (non-hydrogen) atoms. The van der Waals surface area contributed by atoms with Crippen LogP contribution in [0.25, 0.3) is 0 Å². The van der Waals surface area contributed by atoms with E-state index in [1.807, 2.05) is 30.3 Å². The monoisotopic (exact) mass is 291 g/mol. The number of rotatable bonds is 3. The van der Waals surface area contributed by atoms with Crippen molar-refractivity contribution in [2.75, 3.05) is 0 Å². The second kappa shape index (κ2) is 5.10. The number of carbonyl (C=O) groups is 1. The van der Waals surface area contributed by atoms with E-state index in [4.69, 9.17) is 5.11 Å². The zero-order chi connectivity index (χ0) is 12.3. The Balaban J connectivity index is 2.34. The summed E-state index contributed by atoms with van der Waals surface area (Å²) in [7, 11) is 0. The number of aromatic nitrogens is 1. The van der Waals surface area contributed by atoms with Gasteiger partial charge in [-0.25, -0.2) is 9.78 Å². The highest BCUT2D eigenvalue weighted by Crippen LogP contribution is 2.28. The summed E-state index contributed by atoms with van der Waals surface area (Å²) in [5.41, 5.74) is 1.79. The highest BCUT2D eigenvalue weighted by Gasteiger charge is 2.13. The van der Waals surface area contributed by atoms with Crippen LogP contribution in [0, 0.1) is 0 Å². The predicted molar refractivity (Wildman–Crippen MR) is 68.4 cm³/mol. The number of alkyl halides is 1. The second-order valence-corrected chi connectivity index (χ2v) is 4.44. The number of carboxylic acid groups (broad SMARTS) is 1. The molecule has 0 bridgehead atoms. The Morgan fingerprint density at radius 2 is 1.82 bits per heavy atom. The van der Waals surface area contributed by atoms with E-state index >= 15 is 0 Å². The number of hydrogen-bond acceptors (Lipinski definition) is 2. The Morgan fingerprint density at radius 1 is 1.12 bits per heavy atom. The van der Waals surface area contributed by atoms with Gasteiger partial charge in [0.25, 0.3) is 0 Å². The molecule has 0 radical (unpaired) electrons. The first-order chi connectivity index (χ1) is 8.18. The molecule has 1 aromatic heterocycles. The summed E-state index contributed by atoms with van der Waals surface area (Å²) in [6.45, 7) is 0. The molecule has 3 nitrogen and oxygen atoms in total. The van der Waals surface area contributed by atoms with Gasteiger partial charge in [-0.3, -0.25) is 0 Å². The van der Waals surface area contributed by atoms with Gasteiger partial charge in [0.05, 0.1) is 10.5 Å². The molecule has 0 saturated carbocycles. The lowest BCUT2D eigenvalue weighted by molar-refractivity contribution is 0.0690. The lowest BCUT2D eigenvalue weighted by Gasteiger charge is -2.09. The predicted octanol–water partition coefficient (Wildman–Crippen LogP) is 3.26. The van der Waals surface area contributed by atoms with Gasteiger partial charge in [0.2, 0.25) is 0 Å². The van der Waals surface area contributed by atoms with E-state index in [1.165, 1.54) is 6.07 Å².